The van der Waals surface area contributed by atoms with E-state index in [2.05, 4.69) is 0 Å². The van der Waals surface area contributed by atoms with Crippen LogP contribution in [-0.4, -0.2) is 48.7 Å². The lowest BCUT2D eigenvalue weighted by molar-refractivity contribution is -0.139. The van der Waals surface area contributed by atoms with Crippen LogP contribution in [0, 0.1) is 6.92 Å². The number of hydrogen-bond acceptors (Lipinski definition) is 4. The molecule has 0 aliphatic heterocycles. The van der Waals surface area contributed by atoms with E-state index in [-0.39, 0.29) is 5.91 Å². The summed E-state index contributed by atoms with van der Waals surface area (Å²) in [5.41, 5.74) is 1.54. The van der Waals surface area contributed by atoms with E-state index in [1.807, 2.05) is 31.2 Å². The van der Waals surface area contributed by atoms with Crippen molar-refractivity contribution in [3.8, 4) is 11.5 Å². The molecule has 0 aliphatic rings. The number of nitrogens with zero attached hydrogens (tertiary/aromatic N) is 1. The minimum absolute atomic E-state index is 0.186. The summed E-state index contributed by atoms with van der Waals surface area (Å²) in [6.07, 6.45) is 0. The first-order valence-corrected chi connectivity index (χ1v) is 7.85. The first-order chi connectivity index (χ1) is 12.0. The van der Waals surface area contributed by atoms with Gasteiger partial charge in [-0.15, -0.1) is 0 Å². The molecule has 1 N–H and O–H groups in total. The van der Waals surface area contributed by atoms with Crippen LogP contribution in [-0.2, 0) is 4.79 Å². The highest BCUT2D eigenvalue weighted by Crippen LogP contribution is 2.15. The molecule has 0 heterocycles. The molecule has 0 saturated carbocycles. The number of carboxylic acid groups (broad SMARTS) is 1. The van der Waals surface area contributed by atoms with Crippen LogP contribution in [0.2, 0.25) is 0 Å². The lowest BCUT2D eigenvalue weighted by Gasteiger charge is -2.18. The minimum atomic E-state index is -1.07. The summed E-state index contributed by atoms with van der Waals surface area (Å²) >= 11 is 0. The number of benzene rings is 2. The van der Waals surface area contributed by atoms with Gasteiger partial charge in [-0.05, 0) is 42.8 Å². The van der Waals surface area contributed by atoms with Gasteiger partial charge in [0.1, 0.15) is 18.1 Å². The van der Waals surface area contributed by atoms with Crippen molar-refractivity contribution in [3.05, 3.63) is 59.7 Å². The van der Waals surface area contributed by atoms with Gasteiger partial charge in [0.05, 0.1) is 6.54 Å². The van der Waals surface area contributed by atoms with Gasteiger partial charge < -0.3 is 19.5 Å². The van der Waals surface area contributed by atoms with Crippen molar-refractivity contribution >= 4 is 11.9 Å². The number of carbonyl (C=O) groups is 2. The van der Waals surface area contributed by atoms with Crippen molar-refractivity contribution in [2.75, 3.05) is 26.8 Å². The van der Waals surface area contributed by atoms with Gasteiger partial charge in [0.15, 0.2) is 6.61 Å². The Bertz CT molecular complexity index is 744. The van der Waals surface area contributed by atoms with E-state index >= 15 is 0 Å². The van der Waals surface area contributed by atoms with Crippen LogP contribution in [0.25, 0.3) is 0 Å². The summed E-state index contributed by atoms with van der Waals surface area (Å²) in [4.78, 5) is 24.5. The molecule has 132 valence electrons. The highest BCUT2D eigenvalue weighted by atomic mass is 16.5. The molecule has 0 aromatic heterocycles. The monoisotopic (exact) mass is 343 g/mol. The van der Waals surface area contributed by atoms with Crippen molar-refractivity contribution in [2.45, 2.75) is 6.92 Å². The third-order valence-corrected chi connectivity index (χ3v) is 3.47. The molecule has 2 aromatic rings. The summed E-state index contributed by atoms with van der Waals surface area (Å²) in [5, 5.41) is 8.64. The summed E-state index contributed by atoms with van der Waals surface area (Å²) in [5.74, 6) is -0.140. The largest absolute Gasteiger partial charge is 0.492 e. The van der Waals surface area contributed by atoms with E-state index in [9.17, 15) is 9.59 Å². The predicted octanol–water partition coefficient (Wildman–Crippen LogP) is 2.61. The van der Waals surface area contributed by atoms with Gasteiger partial charge in [-0.1, -0.05) is 18.2 Å². The first-order valence-electron chi connectivity index (χ1n) is 7.85. The Labute approximate surface area is 146 Å². The number of amides is 1. The lowest BCUT2D eigenvalue weighted by Crippen LogP contribution is -2.30. The summed E-state index contributed by atoms with van der Waals surface area (Å²) < 4.78 is 10.7. The van der Waals surface area contributed by atoms with E-state index in [4.69, 9.17) is 14.6 Å². The Balaban J connectivity index is 1.88. The van der Waals surface area contributed by atoms with Gasteiger partial charge in [-0.3, -0.25) is 4.79 Å². The number of aliphatic carboxylic acids is 1. The van der Waals surface area contributed by atoms with Crippen molar-refractivity contribution in [1.82, 2.24) is 4.90 Å². The molecule has 0 bridgehead atoms. The molecular weight excluding hydrogens is 322 g/mol. The van der Waals surface area contributed by atoms with Crippen LogP contribution in [0.15, 0.2) is 48.5 Å². The average molecular weight is 343 g/mol. The average Bonchev–Trinajstić information content (AvgIpc) is 2.59. The van der Waals surface area contributed by atoms with E-state index in [0.29, 0.717) is 24.5 Å². The van der Waals surface area contributed by atoms with Gasteiger partial charge in [0.25, 0.3) is 5.91 Å². The van der Waals surface area contributed by atoms with Crippen molar-refractivity contribution in [2.24, 2.45) is 0 Å². The topological polar surface area (TPSA) is 76.1 Å². The van der Waals surface area contributed by atoms with Crippen LogP contribution in [0.1, 0.15) is 15.9 Å². The summed E-state index contributed by atoms with van der Waals surface area (Å²) in [7, 11) is 1.69. The maximum atomic E-state index is 12.4. The highest BCUT2D eigenvalue weighted by Gasteiger charge is 2.13. The summed E-state index contributed by atoms with van der Waals surface area (Å²) in [6, 6.07) is 14.2. The number of likely N-dealkylation sites (N-methyl/N-ethyl adjacent to an activating group) is 1. The Hall–Kier alpha value is -3.02. The quantitative estimate of drug-likeness (QED) is 0.797. The molecule has 0 radical (unpaired) electrons. The number of carboxylic acids is 1. The summed E-state index contributed by atoms with van der Waals surface area (Å²) in [6.45, 7) is 2.34. The van der Waals surface area contributed by atoms with Crippen LogP contribution in [0.4, 0.5) is 0 Å². The molecule has 0 unspecified atom stereocenters. The molecular formula is C19H21NO5. The first kappa shape index (κ1) is 18.3. The molecule has 6 nitrogen and oxygen atoms in total. The Morgan fingerprint density at radius 2 is 1.72 bits per heavy atom. The molecule has 1 amide bonds. The fraction of sp³-hybridized carbons (Fsp3) is 0.263. The maximum Gasteiger partial charge on any atom is 0.341 e. The van der Waals surface area contributed by atoms with E-state index in [0.717, 1.165) is 11.3 Å². The fourth-order valence-electron chi connectivity index (χ4n) is 2.19. The standard InChI is InChI=1S/C19H21NO5/c1-14-5-3-7-16(11-14)24-10-9-20(2)19(23)15-6-4-8-17(12-15)25-13-18(21)22/h3-8,11-12H,9-10,13H2,1-2H3,(H,21,22). The zero-order chi connectivity index (χ0) is 18.2. The maximum absolute atomic E-state index is 12.4. The van der Waals surface area contributed by atoms with Crippen molar-refractivity contribution < 1.29 is 24.2 Å². The van der Waals surface area contributed by atoms with E-state index in [1.165, 1.54) is 6.07 Å². The van der Waals surface area contributed by atoms with E-state index in [1.54, 1.807) is 30.1 Å². The number of aryl methyl sites for hydroxylation is 1. The molecule has 2 aromatic carbocycles. The van der Waals surface area contributed by atoms with Gasteiger partial charge in [-0.25, -0.2) is 4.79 Å². The lowest BCUT2D eigenvalue weighted by atomic mass is 10.2. The second-order valence-corrected chi connectivity index (χ2v) is 5.60. The Morgan fingerprint density at radius 1 is 1.04 bits per heavy atom. The number of hydrogen-bond donors (Lipinski definition) is 1. The second kappa shape index (κ2) is 8.73. The third kappa shape index (κ3) is 5.84. The second-order valence-electron chi connectivity index (χ2n) is 5.60. The fourth-order valence-corrected chi connectivity index (χ4v) is 2.19. The predicted molar refractivity (Wildman–Crippen MR) is 93.2 cm³/mol. The molecule has 0 fully saturated rings. The molecule has 0 saturated heterocycles. The highest BCUT2D eigenvalue weighted by molar-refractivity contribution is 5.94. The van der Waals surface area contributed by atoms with Gasteiger partial charge in [0.2, 0.25) is 0 Å². The Morgan fingerprint density at radius 3 is 2.40 bits per heavy atom. The smallest absolute Gasteiger partial charge is 0.341 e. The van der Waals surface area contributed by atoms with E-state index < -0.39 is 12.6 Å². The SMILES string of the molecule is Cc1cccc(OCCN(C)C(=O)c2cccc(OCC(=O)O)c2)c1. The number of carbonyl (C=O) groups excluding carboxylic acids is 1. The van der Waals surface area contributed by atoms with Gasteiger partial charge in [-0.2, -0.15) is 0 Å². The zero-order valence-corrected chi connectivity index (χ0v) is 14.3. The van der Waals surface area contributed by atoms with Crippen molar-refractivity contribution in [1.29, 1.82) is 0 Å². The molecule has 2 rings (SSSR count). The molecule has 0 spiro atoms. The minimum Gasteiger partial charge on any atom is -0.492 e. The van der Waals surface area contributed by atoms with Crippen LogP contribution in [0.3, 0.4) is 0 Å². The zero-order valence-electron chi connectivity index (χ0n) is 14.3. The normalized spacial score (nSPS) is 10.2. The van der Waals surface area contributed by atoms with Gasteiger partial charge in [0, 0.05) is 12.6 Å². The number of ether oxygens (including phenoxy) is 2. The number of rotatable bonds is 8. The third-order valence-electron chi connectivity index (χ3n) is 3.47. The van der Waals surface area contributed by atoms with Crippen LogP contribution < -0.4 is 9.47 Å². The van der Waals surface area contributed by atoms with Crippen LogP contribution in [0.5, 0.6) is 11.5 Å². The molecule has 25 heavy (non-hydrogen) atoms. The Kier molecular flexibility index (Phi) is 6.39. The van der Waals surface area contributed by atoms with Gasteiger partial charge >= 0.3 is 5.97 Å². The molecule has 0 atom stereocenters. The van der Waals surface area contributed by atoms with Crippen molar-refractivity contribution in [3.63, 3.8) is 0 Å². The van der Waals surface area contributed by atoms with Crippen LogP contribution >= 0.6 is 0 Å². The molecule has 0 aliphatic carbocycles. The molecule has 6 heteroatoms.